The summed E-state index contributed by atoms with van der Waals surface area (Å²) in [7, 11) is -3.51. The van der Waals surface area contributed by atoms with Gasteiger partial charge in [-0.1, -0.05) is 11.6 Å². The SMILES string of the molecule is C[C@@H]1CN(S(=O)(=O)c2ccc(Cl)nc2)C[C@H](C)O1. The molecule has 0 aromatic carbocycles. The molecule has 0 aliphatic carbocycles. The van der Waals surface area contributed by atoms with Crippen molar-refractivity contribution in [1.82, 2.24) is 9.29 Å². The molecule has 1 aliphatic heterocycles. The van der Waals surface area contributed by atoms with Crippen molar-refractivity contribution in [3.63, 3.8) is 0 Å². The summed E-state index contributed by atoms with van der Waals surface area (Å²) in [5.41, 5.74) is 0. The Balaban J connectivity index is 2.28. The molecule has 1 aromatic heterocycles. The van der Waals surface area contributed by atoms with E-state index in [1.165, 1.54) is 22.6 Å². The van der Waals surface area contributed by atoms with Gasteiger partial charge in [0.1, 0.15) is 10.0 Å². The first kappa shape index (κ1) is 13.7. The number of nitrogens with zero attached hydrogens (tertiary/aromatic N) is 2. The van der Waals surface area contributed by atoms with Gasteiger partial charge in [0, 0.05) is 19.3 Å². The van der Waals surface area contributed by atoms with Gasteiger partial charge in [-0.25, -0.2) is 13.4 Å². The Hall–Kier alpha value is -0.690. The molecule has 0 unspecified atom stereocenters. The molecular weight excluding hydrogens is 276 g/mol. The monoisotopic (exact) mass is 290 g/mol. The number of hydrogen-bond donors (Lipinski definition) is 0. The predicted octanol–water partition coefficient (Wildman–Crippen LogP) is 1.53. The fraction of sp³-hybridized carbons (Fsp3) is 0.545. The van der Waals surface area contributed by atoms with Crippen molar-refractivity contribution in [2.75, 3.05) is 13.1 Å². The van der Waals surface area contributed by atoms with E-state index in [-0.39, 0.29) is 22.3 Å². The molecule has 0 amide bonds. The lowest BCUT2D eigenvalue weighted by Crippen LogP contribution is -2.48. The Bertz CT molecular complexity index is 508. The maximum Gasteiger partial charge on any atom is 0.244 e. The van der Waals surface area contributed by atoms with Gasteiger partial charge in [0.2, 0.25) is 10.0 Å². The second kappa shape index (κ2) is 5.13. The minimum absolute atomic E-state index is 0.108. The van der Waals surface area contributed by atoms with E-state index >= 15 is 0 Å². The van der Waals surface area contributed by atoms with Crippen molar-refractivity contribution in [1.29, 1.82) is 0 Å². The molecule has 1 saturated heterocycles. The summed E-state index contributed by atoms with van der Waals surface area (Å²) < 4.78 is 31.7. The molecule has 0 bridgehead atoms. The molecule has 0 saturated carbocycles. The number of ether oxygens (including phenoxy) is 1. The van der Waals surface area contributed by atoms with Crippen LogP contribution in [0.3, 0.4) is 0 Å². The number of hydrogen-bond acceptors (Lipinski definition) is 4. The highest BCUT2D eigenvalue weighted by Crippen LogP contribution is 2.21. The minimum Gasteiger partial charge on any atom is -0.373 e. The van der Waals surface area contributed by atoms with Gasteiger partial charge in [-0.15, -0.1) is 0 Å². The highest BCUT2D eigenvalue weighted by molar-refractivity contribution is 7.89. The summed E-state index contributed by atoms with van der Waals surface area (Å²) in [5.74, 6) is 0. The van der Waals surface area contributed by atoms with Crippen LogP contribution in [-0.2, 0) is 14.8 Å². The molecule has 1 fully saturated rings. The van der Waals surface area contributed by atoms with Gasteiger partial charge < -0.3 is 4.74 Å². The topological polar surface area (TPSA) is 59.5 Å². The molecule has 100 valence electrons. The summed E-state index contributed by atoms with van der Waals surface area (Å²) in [6.07, 6.45) is 1.07. The van der Waals surface area contributed by atoms with Crippen LogP contribution in [0.4, 0.5) is 0 Å². The normalized spacial score (nSPS) is 26.2. The van der Waals surface area contributed by atoms with Crippen LogP contribution in [-0.4, -0.2) is 43.0 Å². The van der Waals surface area contributed by atoms with Crippen molar-refractivity contribution in [2.24, 2.45) is 0 Å². The number of rotatable bonds is 2. The van der Waals surface area contributed by atoms with Gasteiger partial charge in [0.15, 0.2) is 0 Å². The molecule has 7 heteroatoms. The molecule has 18 heavy (non-hydrogen) atoms. The van der Waals surface area contributed by atoms with Gasteiger partial charge in [-0.3, -0.25) is 0 Å². The highest BCUT2D eigenvalue weighted by atomic mass is 35.5. The third kappa shape index (κ3) is 2.83. The molecule has 0 radical (unpaired) electrons. The van der Waals surface area contributed by atoms with Crippen LogP contribution in [0.5, 0.6) is 0 Å². The fourth-order valence-electron chi connectivity index (χ4n) is 1.99. The second-order valence-electron chi connectivity index (χ2n) is 4.40. The smallest absolute Gasteiger partial charge is 0.244 e. The highest BCUT2D eigenvalue weighted by Gasteiger charge is 2.32. The summed E-state index contributed by atoms with van der Waals surface area (Å²) in [5, 5.41) is 0.276. The molecular formula is C11H15ClN2O3S. The standard InChI is InChI=1S/C11H15ClN2O3S/c1-8-6-14(7-9(2)17-8)18(15,16)10-3-4-11(12)13-5-10/h3-5,8-9H,6-7H2,1-2H3/t8-,9+. The fourth-order valence-corrected chi connectivity index (χ4v) is 3.64. The number of morpholine rings is 1. The lowest BCUT2D eigenvalue weighted by atomic mass is 10.3. The van der Waals surface area contributed by atoms with Crippen molar-refractivity contribution >= 4 is 21.6 Å². The van der Waals surface area contributed by atoms with E-state index in [2.05, 4.69) is 4.98 Å². The third-order valence-corrected chi connectivity index (χ3v) is 4.76. The largest absolute Gasteiger partial charge is 0.373 e. The summed E-state index contributed by atoms with van der Waals surface area (Å²) >= 11 is 5.65. The first-order chi connectivity index (χ1) is 8.39. The average molecular weight is 291 g/mol. The van der Waals surface area contributed by atoms with Gasteiger partial charge in [0.25, 0.3) is 0 Å². The van der Waals surface area contributed by atoms with E-state index in [4.69, 9.17) is 16.3 Å². The van der Waals surface area contributed by atoms with Crippen molar-refractivity contribution in [3.05, 3.63) is 23.5 Å². The first-order valence-electron chi connectivity index (χ1n) is 5.67. The molecule has 0 N–H and O–H groups in total. The van der Waals surface area contributed by atoms with E-state index in [0.29, 0.717) is 13.1 Å². The van der Waals surface area contributed by atoms with E-state index < -0.39 is 10.0 Å². The number of halogens is 1. The molecule has 2 atom stereocenters. The zero-order chi connectivity index (χ0) is 13.3. The zero-order valence-electron chi connectivity index (χ0n) is 10.2. The Morgan fingerprint density at radius 2 is 1.94 bits per heavy atom. The Morgan fingerprint density at radius 3 is 2.44 bits per heavy atom. The molecule has 1 aromatic rings. The van der Waals surface area contributed by atoms with Crippen LogP contribution in [0.1, 0.15) is 13.8 Å². The van der Waals surface area contributed by atoms with E-state index in [1.54, 1.807) is 0 Å². The van der Waals surface area contributed by atoms with Crippen molar-refractivity contribution in [2.45, 2.75) is 31.0 Å². The first-order valence-corrected chi connectivity index (χ1v) is 7.48. The van der Waals surface area contributed by atoms with Gasteiger partial charge in [0.05, 0.1) is 12.2 Å². The predicted molar refractivity (Wildman–Crippen MR) is 68.0 cm³/mol. The molecule has 2 rings (SSSR count). The molecule has 1 aliphatic rings. The number of aromatic nitrogens is 1. The summed E-state index contributed by atoms with van der Waals surface area (Å²) in [4.78, 5) is 3.97. The van der Waals surface area contributed by atoms with Crippen LogP contribution in [0.15, 0.2) is 23.2 Å². The van der Waals surface area contributed by atoms with Crippen LogP contribution in [0.25, 0.3) is 0 Å². The lowest BCUT2D eigenvalue weighted by Gasteiger charge is -2.34. The Morgan fingerprint density at radius 1 is 1.33 bits per heavy atom. The van der Waals surface area contributed by atoms with Crippen LogP contribution >= 0.6 is 11.6 Å². The third-order valence-electron chi connectivity index (χ3n) is 2.72. The van der Waals surface area contributed by atoms with E-state index in [9.17, 15) is 8.42 Å². The Labute approximate surface area is 112 Å². The number of sulfonamides is 1. The summed E-state index contributed by atoms with van der Waals surface area (Å²) in [6, 6.07) is 2.94. The minimum atomic E-state index is -3.51. The van der Waals surface area contributed by atoms with Gasteiger partial charge in [-0.2, -0.15) is 4.31 Å². The van der Waals surface area contributed by atoms with Crippen LogP contribution in [0.2, 0.25) is 5.15 Å². The van der Waals surface area contributed by atoms with Crippen LogP contribution in [0, 0.1) is 0 Å². The maximum atomic E-state index is 12.4. The average Bonchev–Trinajstić information content (AvgIpc) is 2.28. The van der Waals surface area contributed by atoms with E-state index in [1.807, 2.05) is 13.8 Å². The van der Waals surface area contributed by atoms with Gasteiger partial charge >= 0.3 is 0 Å². The number of pyridine rings is 1. The van der Waals surface area contributed by atoms with Crippen molar-refractivity contribution < 1.29 is 13.2 Å². The zero-order valence-corrected chi connectivity index (χ0v) is 11.8. The van der Waals surface area contributed by atoms with Crippen LogP contribution < -0.4 is 0 Å². The summed E-state index contributed by atoms with van der Waals surface area (Å²) in [6.45, 7) is 4.43. The van der Waals surface area contributed by atoms with Gasteiger partial charge in [-0.05, 0) is 26.0 Å². The lowest BCUT2D eigenvalue weighted by molar-refractivity contribution is -0.0440. The van der Waals surface area contributed by atoms with Crippen molar-refractivity contribution in [3.8, 4) is 0 Å². The molecule has 2 heterocycles. The molecule has 5 nitrogen and oxygen atoms in total. The quantitative estimate of drug-likeness (QED) is 0.775. The second-order valence-corrected chi connectivity index (χ2v) is 6.72. The maximum absolute atomic E-state index is 12.4. The van der Waals surface area contributed by atoms with E-state index in [0.717, 1.165) is 0 Å². The Kier molecular flexibility index (Phi) is 3.91. The molecule has 0 spiro atoms.